The summed E-state index contributed by atoms with van der Waals surface area (Å²) in [4.78, 5) is 19.2. The SMILES string of the molecule is COc1ccccc1CNC(=O)c1cc(-c2cccs2)nc2c1c(C)nn2C1CCS(=O)(=O)C1. The molecule has 1 amide bonds. The summed E-state index contributed by atoms with van der Waals surface area (Å²) in [5.41, 5.74) is 3.17. The van der Waals surface area contributed by atoms with Crippen LogP contribution in [0.3, 0.4) is 0 Å². The standard InChI is InChI=1S/C24H24N4O4S2/c1-15-22-18(24(29)25-13-16-6-3-4-7-20(16)32-2)12-19(21-8-5-10-33-21)26-23(22)28(27-15)17-9-11-34(30,31)14-17/h3-8,10,12,17H,9,11,13-14H2,1-2H3,(H,25,29). The Hall–Kier alpha value is -3.24. The average Bonchev–Trinajstić information content (AvgIpc) is 3.56. The lowest BCUT2D eigenvalue weighted by atomic mass is 10.1. The largest absolute Gasteiger partial charge is 0.496 e. The normalized spacial score (nSPS) is 17.2. The van der Waals surface area contributed by atoms with Crippen LogP contribution in [0.15, 0.2) is 47.8 Å². The maximum atomic E-state index is 13.4. The number of methoxy groups -OCH3 is 1. The third-order valence-electron chi connectivity index (χ3n) is 6.04. The molecule has 8 nitrogen and oxygen atoms in total. The highest BCUT2D eigenvalue weighted by molar-refractivity contribution is 7.91. The van der Waals surface area contributed by atoms with Crippen molar-refractivity contribution < 1.29 is 17.9 Å². The van der Waals surface area contributed by atoms with Gasteiger partial charge in [0.25, 0.3) is 5.91 Å². The molecule has 0 radical (unpaired) electrons. The highest BCUT2D eigenvalue weighted by Crippen LogP contribution is 2.33. The Morgan fingerprint density at radius 1 is 1.26 bits per heavy atom. The molecule has 34 heavy (non-hydrogen) atoms. The molecule has 1 aliphatic rings. The third-order valence-corrected chi connectivity index (χ3v) is 8.68. The van der Waals surface area contributed by atoms with E-state index in [0.29, 0.717) is 46.7 Å². The summed E-state index contributed by atoms with van der Waals surface area (Å²) >= 11 is 1.53. The molecular weight excluding hydrogens is 472 g/mol. The second kappa shape index (κ2) is 8.84. The molecule has 0 bridgehead atoms. The first-order valence-corrected chi connectivity index (χ1v) is 13.6. The minimum Gasteiger partial charge on any atom is -0.496 e. The number of carbonyl (C=O) groups is 1. The van der Waals surface area contributed by atoms with Gasteiger partial charge < -0.3 is 10.1 Å². The molecule has 0 spiro atoms. The van der Waals surface area contributed by atoms with Crippen LogP contribution in [0.1, 0.15) is 34.1 Å². The first-order chi connectivity index (χ1) is 16.4. The van der Waals surface area contributed by atoms with Crippen molar-refractivity contribution in [3.05, 3.63) is 64.7 Å². The fourth-order valence-electron chi connectivity index (χ4n) is 4.39. The lowest BCUT2D eigenvalue weighted by Gasteiger charge is -2.13. The zero-order chi connectivity index (χ0) is 23.9. The van der Waals surface area contributed by atoms with E-state index in [2.05, 4.69) is 10.4 Å². The van der Waals surface area contributed by atoms with Gasteiger partial charge in [0, 0.05) is 12.1 Å². The summed E-state index contributed by atoms with van der Waals surface area (Å²) < 4.78 is 31.3. The van der Waals surface area contributed by atoms with Gasteiger partial charge in [-0.05, 0) is 36.9 Å². The van der Waals surface area contributed by atoms with Gasteiger partial charge >= 0.3 is 0 Å². The summed E-state index contributed by atoms with van der Waals surface area (Å²) in [5.74, 6) is 0.615. The van der Waals surface area contributed by atoms with E-state index in [-0.39, 0.29) is 23.5 Å². The van der Waals surface area contributed by atoms with Crippen molar-refractivity contribution in [2.75, 3.05) is 18.6 Å². The van der Waals surface area contributed by atoms with Crippen LogP contribution in [0.4, 0.5) is 0 Å². The van der Waals surface area contributed by atoms with Crippen LogP contribution >= 0.6 is 11.3 Å². The minimum absolute atomic E-state index is 0.0312. The van der Waals surface area contributed by atoms with E-state index in [1.807, 2.05) is 48.7 Å². The number of aryl methyl sites for hydroxylation is 1. The van der Waals surface area contributed by atoms with Gasteiger partial charge in [0.1, 0.15) is 5.75 Å². The third kappa shape index (κ3) is 4.19. The summed E-state index contributed by atoms with van der Waals surface area (Å²) in [6.45, 7) is 2.13. The number of nitrogens with one attached hydrogen (secondary N) is 1. The Balaban J connectivity index is 1.58. The molecule has 4 heterocycles. The molecule has 3 aromatic heterocycles. The average molecular weight is 497 g/mol. The fourth-order valence-corrected chi connectivity index (χ4v) is 6.76. The predicted molar refractivity (Wildman–Crippen MR) is 132 cm³/mol. The van der Waals surface area contributed by atoms with E-state index >= 15 is 0 Å². The van der Waals surface area contributed by atoms with Crippen LogP contribution in [-0.2, 0) is 16.4 Å². The number of rotatable bonds is 6. The van der Waals surface area contributed by atoms with Crippen LogP contribution < -0.4 is 10.1 Å². The van der Waals surface area contributed by atoms with E-state index < -0.39 is 9.84 Å². The van der Waals surface area contributed by atoms with Crippen LogP contribution in [0, 0.1) is 6.92 Å². The number of sulfone groups is 1. The van der Waals surface area contributed by atoms with Crippen LogP contribution in [-0.4, -0.2) is 47.7 Å². The monoisotopic (exact) mass is 496 g/mol. The number of fused-ring (bicyclic) bond motifs is 1. The Bertz CT molecular complexity index is 1480. The number of ether oxygens (including phenoxy) is 1. The van der Waals surface area contributed by atoms with Crippen molar-refractivity contribution in [1.29, 1.82) is 0 Å². The Morgan fingerprint density at radius 2 is 2.09 bits per heavy atom. The molecule has 0 aliphatic carbocycles. The van der Waals surface area contributed by atoms with Gasteiger partial charge in [0.2, 0.25) is 0 Å². The summed E-state index contributed by atoms with van der Waals surface area (Å²) in [6, 6.07) is 12.9. The molecular formula is C24H24N4O4S2. The fraction of sp³-hybridized carbons (Fsp3) is 0.292. The van der Waals surface area contributed by atoms with E-state index in [0.717, 1.165) is 10.4 Å². The molecule has 1 N–H and O–H groups in total. The molecule has 5 rings (SSSR count). The Morgan fingerprint density at radius 3 is 2.79 bits per heavy atom. The van der Waals surface area contributed by atoms with Gasteiger partial charge in [-0.1, -0.05) is 24.3 Å². The minimum atomic E-state index is -3.11. The maximum Gasteiger partial charge on any atom is 0.252 e. The predicted octanol–water partition coefficient (Wildman–Crippen LogP) is 3.77. The molecule has 1 aliphatic heterocycles. The number of para-hydroxylation sites is 1. The number of pyridine rings is 1. The van der Waals surface area contributed by atoms with Gasteiger partial charge in [-0.2, -0.15) is 5.10 Å². The number of hydrogen-bond donors (Lipinski definition) is 1. The quantitative estimate of drug-likeness (QED) is 0.436. The molecule has 10 heteroatoms. The molecule has 1 atom stereocenters. The van der Waals surface area contributed by atoms with Gasteiger partial charge in [-0.15, -0.1) is 11.3 Å². The Kier molecular flexibility index (Phi) is 5.86. The highest BCUT2D eigenvalue weighted by Gasteiger charge is 2.32. The second-order valence-corrected chi connectivity index (χ2v) is 11.5. The summed E-state index contributed by atoms with van der Waals surface area (Å²) in [6.07, 6.45) is 0.485. The number of thiophene rings is 1. The molecule has 1 aromatic carbocycles. The topological polar surface area (TPSA) is 103 Å². The van der Waals surface area contributed by atoms with E-state index in [9.17, 15) is 13.2 Å². The molecule has 176 valence electrons. The second-order valence-electron chi connectivity index (χ2n) is 8.31. The van der Waals surface area contributed by atoms with Crippen molar-refractivity contribution in [2.45, 2.75) is 25.9 Å². The molecule has 1 saturated heterocycles. The van der Waals surface area contributed by atoms with Crippen molar-refractivity contribution >= 4 is 38.1 Å². The van der Waals surface area contributed by atoms with E-state index in [1.54, 1.807) is 17.9 Å². The number of carbonyl (C=O) groups excluding carboxylic acids is 1. The summed E-state index contributed by atoms with van der Waals surface area (Å²) in [7, 11) is -1.51. The number of amides is 1. The molecule has 1 fully saturated rings. The van der Waals surface area contributed by atoms with Gasteiger partial charge in [-0.25, -0.2) is 18.1 Å². The van der Waals surface area contributed by atoms with Crippen LogP contribution in [0.25, 0.3) is 21.6 Å². The molecule has 1 unspecified atom stereocenters. The number of aromatic nitrogens is 3. The zero-order valence-electron chi connectivity index (χ0n) is 18.8. The lowest BCUT2D eigenvalue weighted by Crippen LogP contribution is -2.23. The van der Waals surface area contributed by atoms with Crippen molar-refractivity contribution in [3.8, 4) is 16.3 Å². The lowest BCUT2D eigenvalue weighted by molar-refractivity contribution is 0.0952. The first kappa shape index (κ1) is 22.5. The highest BCUT2D eigenvalue weighted by atomic mass is 32.2. The van der Waals surface area contributed by atoms with Crippen LogP contribution in [0.5, 0.6) is 5.75 Å². The molecule has 4 aromatic rings. The smallest absolute Gasteiger partial charge is 0.252 e. The molecule has 0 saturated carbocycles. The number of benzene rings is 1. The van der Waals surface area contributed by atoms with E-state index in [4.69, 9.17) is 9.72 Å². The van der Waals surface area contributed by atoms with Crippen molar-refractivity contribution in [1.82, 2.24) is 20.1 Å². The van der Waals surface area contributed by atoms with Crippen molar-refractivity contribution in [3.63, 3.8) is 0 Å². The zero-order valence-corrected chi connectivity index (χ0v) is 20.4. The first-order valence-electron chi connectivity index (χ1n) is 10.9. The van der Waals surface area contributed by atoms with Gasteiger partial charge in [0.05, 0.1) is 51.9 Å². The number of nitrogens with zero attached hydrogens (tertiary/aromatic N) is 3. The maximum absolute atomic E-state index is 13.4. The van der Waals surface area contributed by atoms with Crippen molar-refractivity contribution in [2.24, 2.45) is 0 Å². The van der Waals surface area contributed by atoms with E-state index in [1.165, 1.54) is 11.3 Å². The van der Waals surface area contributed by atoms with Gasteiger partial charge in [-0.3, -0.25) is 4.79 Å². The van der Waals surface area contributed by atoms with Crippen LogP contribution in [0.2, 0.25) is 0 Å². The van der Waals surface area contributed by atoms with Gasteiger partial charge in [0.15, 0.2) is 15.5 Å². The summed E-state index contributed by atoms with van der Waals surface area (Å²) in [5, 5.41) is 10.2. The Labute approximate surface area is 201 Å². The number of hydrogen-bond acceptors (Lipinski definition) is 7.